The lowest BCUT2D eigenvalue weighted by Gasteiger charge is -1.99. The highest BCUT2D eigenvalue weighted by Crippen LogP contribution is 2.19. The number of azo groups is 2. The first kappa shape index (κ1) is 10.2. The van der Waals surface area contributed by atoms with Gasteiger partial charge in [0.1, 0.15) is 5.75 Å². The van der Waals surface area contributed by atoms with Crippen LogP contribution in [-0.4, -0.2) is 23.6 Å². The number of methoxy groups -OCH3 is 1. The average Bonchev–Trinajstić information content (AvgIpc) is 2.32. The molecule has 5 heteroatoms. The summed E-state index contributed by atoms with van der Waals surface area (Å²) < 4.78 is 6.05. The van der Waals surface area contributed by atoms with Crippen LogP contribution in [0.15, 0.2) is 41.5 Å². The molecule has 5 nitrogen and oxygen atoms in total. The number of nitrogens with zero attached hydrogens (tertiary/aromatic N) is 2. The predicted molar refractivity (Wildman–Crippen MR) is 54.5 cm³/mol. The van der Waals surface area contributed by atoms with E-state index >= 15 is 0 Å². The largest absolute Gasteiger partial charge is 0.497 e. The zero-order valence-electron chi connectivity index (χ0n) is 8.58. The lowest BCUT2D eigenvalue weighted by Crippen LogP contribution is -2.17. The number of amides is 2. The Morgan fingerprint density at radius 1 is 1.12 bits per heavy atom. The number of hydrogen-bond donors (Lipinski definition) is 0. The maximum atomic E-state index is 11.5. The van der Waals surface area contributed by atoms with Crippen molar-refractivity contribution in [2.75, 3.05) is 7.11 Å². The van der Waals surface area contributed by atoms with Gasteiger partial charge in [-0.25, -0.2) is 4.79 Å². The Kier molecular flexibility index (Phi) is 2.59. The van der Waals surface area contributed by atoms with E-state index in [0.29, 0.717) is 11.4 Å². The molecule has 0 bridgehead atoms. The molecule has 0 N–H and O–H groups in total. The van der Waals surface area contributed by atoms with E-state index in [1.165, 1.54) is 6.08 Å². The second-order valence-electron chi connectivity index (χ2n) is 3.12. The van der Waals surface area contributed by atoms with Gasteiger partial charge in [0.2, 0.25) is 5.69 Å². The van der Waals surface area contributed by atoms with Crippen molar-refractivity contribution in [2.45, 2.75) is 0 Å². The van der Waals surface area contributed by atoms with E-state index in [2.05, 4.69) is 5.11 Å². The minimum atomic E-state index is -0.449. The molecule has 1 aliphatic heterocycles. The standard InChI is InChI=1S/C11H9N2O3/c1-16-9-4-2-8(3-5-9)13-11(15)7-6-10(14)12-13/h2-7H,1H3/q+1. The molecule has 80 valence electrons. The highest BCUT2D eigenvalue weighted by molar-refractivity contribution is 5.97. The zero-order chi connectivity index (χ0) is 11.5. The molecule has 1 aromatic carbocycles. The van der Waals surface area contributed by atoms with Gasteiger partial charge in [0, 0.05) is 18.2 Å². The van der Waals surface area contributed by atoms with Crippen molar-refractivity contribution in [1.29, 1.82) is 0 Å². The maximum Gasteiger partial charge on any atom is 0.443 e. The first-order chi connectivity index (χ1) is 7.70. The molecule has 1 heterocycles. The van der Waals surface area contributed by atoms with Gasteiger partial charge in [-0.3, -0.25) is 4.79 Å². The van der Waals surface area contributed by atoms with E-state index < -0.39 is 5.91 Å². The van der Waals surface area contributed by atoms with Crippen molar-refractivity contribution in [3.63, 3.8) is 0 Å². The van der Waals surface area contributed by atoms with Crippen LogP contribution in [0.4, 0.5) is 5.69 Å². The van der Waals surface area contributed by atoms with Crippen LogP contribution in [-0.2, 0) is 9.59 Å². The molecule has 0 fully saturated rings. The SMILES string of the molecule is COc1ccc([N+]2=NC(=O)C=CC2=O)cc1. The third kappa shape index (κ3) is 1.88. The van der Waals surface area contributed by atoms with Crippen LogP contribution in [0.5, 0.6) is 5.75 Å². The molecule has 1 aromatic rings. The first-order valence-electron chi connectivity index (χ1n) is 4.62. The van der Waals surface area contributed by atoms with Crippen molar-refractivity contribution in [3.05, 3.63) is 36.4 Å². The fraction of sp³-hybridized carbons (Fsp3) is 0.0909. The number of ether oxygens (including phenoxy) is 1. The third-order valence-electron chi connectivity index (χ3n) is 2.09. The Hall–Kier alpha value is -2.30. The fourth-order valence-corrected chi connectivity index (χ4v) is 1.30. The van der Waals surface area contributed by atoms with Crippen LogP contribution in [0.3, 0.4) is 0 Å². The molecule has 0 saturated carbocycles. The summed E-state index contributed by atoms with van der Waals surface area (Å²) in [5, 5.41) is 3.61. The van der Waals surface area contributed by atoms with Gasteiger partial charge in [-0.2, -0.15) is 0 Å². The second kappa shape index (κ2) is 4.06. The average molecular weight is 217 g/mol. The monoisotopic (exact) mass is 217 g/mol. The second-order valence-corrected chi connectivity index (χ2v) is 3.12. The van der Waals surface area contributed by atoms with Crippen LogP contribution in [0, 0.1) is 0 Å². The predicted octanol–water partition coefficient (Wildman–Crippen LogP) is 1.41. The minimum absolute atomic E-state index is 0.343. The summed E-state index contributed by atoms with van der Waals surface area (Å²) >= 11 is 0. The Morgan fingerprint density at radius 3 is 2.44 bits per heavy atom. The summed E-state index contributed by atoms with van der Waals surface area (Å²) in [6.45, 7) is 0. The number of rotatable bonds is 2. The molecule has 0 aliphatic carbocycles. The molecule has 2 amide bonds. The summed E-state index contributed by atoms with van der Waals surface area (Å²) in [4.78, 5) is 22.5. The van der Waals surface area contributed by atoms with Gasteiger partial charge < -0.3 is 4.74 Å². The van der Waals surface area contributed by atoms with E-state index in [0.717, 1.165) is 10.8 Å². The van der Waals surface area contributed by atoms with Crippen LogP contribution < -0.4 is 4.74 Å². The molecular formula is C11H9N2O3+. The lowest BCUT2D eigenvalue weighted by atomic mass is 10.3. The van der Waals surface area contributed by atoms with E-state index in [9.17, 15) is 9.59 Å². The molecule has 2 rings (SSSR count). The Labute approximate surface area is 91.7 Å². The van der Waals surface area contributed by atoms with Gasteiger partial charge >= 0.3 is 11.8 Å². The van der Waals surface area contributed by atoms with E-state index in [-0.39, 0.29) is 5.91 Å². The molecule has 1 aliphatic rings. The normalized spacial score (nSPS) is 14.9. The number of carbonyl (C=O) groups is 2. The molecule has 0 spiro atoms. The van der Waals surface area contributed by atoms with Crippen LogP contribution in [0.2, 0.25) is 0 Å². The summed E-state index contributed by atoms with van der Waals surface area (Å²) in [7, 11) is 1.55. The van der Waals surface area contributed by atoms with Crippen molar-refractivity contribution >= 4 is 17.5 Å². The van der Waals surface area contributed by atoms with Crippen LogP contribution in [0.1, 0.15) is 0 Å². The van der Waals surface area contributed by atoms with Crippen LogP contribution >= 0.6 is 0 Å². The van der Waals surface area contributed by atoms with Crippen molar-refractivity contribution in [1.82, 2.24) is 0 Å². The van der Waals surface area contributed by atoms with E-state index in [1.807, 2.05) is 0 Å². The highest BCUT2D eigenvalue weighted by Gasteiger charge is 2.25. The smallest absolute Gasteiger partial charge is 0.443 e. The lowest BCUT2D eigenvalue weighted by molar-refractivity contribution is -0.425. The number of benzene rings is 1. The Bertz CT molecular complexity index is 500. The molecule has 0 atom stereocenters. The number of hydrogen-bond acceptors (Lipinski definition) is 3. The van der Waals surface area contributed by atoms with Gasteiger partial charge in [-0.05, 0) is 16.8 Å². The molecule has 0 saturated heterocycles. The quantitative estimate of drug-likeness (QED) is 0.704. The van der Waals surface area contributed by atoms with Gasteiger partial charge in [0.25, 0.3) is 0 Å². The van der Waals surface area contributed by atoms with Gasteiger partial charge in [-0.15, -0.1) is 0 Å². The minimum Gasteiger partial charge on any atom is -0.497 e. The number of carbonyl (C=O) groups excluding carboxylic acids is 2. The van der Waals surface area contributed by atoms with Gasteiger partial charge in [0.15, 0.2) is 0 Å². The van der Waals surface area contributed by atoms with Gasteiger partial charge in [-0.1, -0.05) is 0 Å². The van der Waals surface area contributed by atoms with Crippen molar-refractivity contribution < 1.29 is 19.0 Å². The summed E-state index contributed by atoms with van der Waals surface area (Å²) in [6, 6.07) is 6.71. The maximum absolute atomic E-state index is 11.5. The zero-order valence-corrected chi connectivity index (χ0v) is 8.58. The molecule has 0 aromatic heterocycles. The van der Waals surface area contributed by atoms with Crippen molar-refractivity contribution in [3.8, 4) is 5.75 Å². The summed E-state index contributed by atoms with van der Waals surface area (Å²) in [5.41, 5.74) is 0.531. The third-order valence-corrected chi connectivity index (χ3v) is 2.09. The van der Waals surface area contributed by atoms with Crippen molar-refractivity contribution in [2.24, 2.45) is 5.11 Å². The topological polar surface area (TPSA) is 58.7 Å². The first-order valence-corrected chi connectivity index (χ1v) is 4.62. The summed E-state index contributed by atoms with van der Waals surface area (Å²) in [5.74, 6) is -0.115. The Balaban J connectivity index is 2.36. The van der Waals surface area contributed by atoms with Crippen LogP contribution in [0.25, 0.3) is 0 Å². The molecule has 16 heavy (non-hydrogen) atoms. The molecule has 0 unspecified atom stereocenters. The van der Waals surface area contributed by atoms with E-state index in [1.54, 1.807) is 31.4 Å². The molecule has 0 radical (unpaired) electrons. The highest BCUT2D eigenvalue weighted by atomic mass is 16.5. The molecular weight excluding hydrogens is 208 g/mol. The van der Waals surface area contributed by atoms with Gasteiger partial charge in [0.05, 0.1) is 18.3 Å². The van der Waals surface area contributed by atoms with E-state index in [4.69, 9.17) is 4.74 Å². The fourth-order valence-electron chi connectivity index (χ4n) is 1.30. The summed E-state index contributed by atoms with van der Waals surface area (Å²) in [6.07, 6.45) is 2.34. The Morgan fingerprint density at radius 2 is 1.81 bits per heavy atom.